The van der Waals surface area contributed by atoms with E-state index in [4.69, 9.17) is 11.6 Å². The van der Waals surface area contributed by atoms with Crippen LogP contribution in [0.15, 0.2) is 28.4 Å². The predicted octanol–water partition coefficient (Wildman–Crippen LogP) is 1.54. The molecule has 0 spiro atoms. The molecule has 0 fully saturated rings. The van der Waals surface area contributed by atoms with Crippen LogP contribution in [-0.2, 0) is 0 Å². The molecule has 0 saturated carbocycles. The molecule has 2 N–H and O–H groups in total. The molecule has 0 aromatic carbocycles. The second-order valence-electron chi connectivity index (χ2n) is 2.46. The first-order chi connectivity index (χ1) is 5.83. The van der Waals surface area contributed by atoms with Crippen LogP contribution in [0.4, 0.5) is 0 Å². The first kappa shape index (κ1) is 9.29. The summed E-state index contributed by atoms with van der Waals surface area (Å²) in [7, 11) is 1.77. The molecule has 0 aromatic rings. The van der Waals surface area contributed by atoms with Crippen molar-refractivity contribution in [2.45, 2.75) is 12.8 Å². The van der Waals surface area contributed by atoms with Crippen LogP contribution in [-0.4, -0.2) is 12.8 Å². The van der Waals surface area contributed by atoms with Gasteiger partial charge in [-0.1, -0.05) is 23.8 Å². The van der Waals surface area contributed by atoms with Crippen LogP contribution in [0.25, 0.3) is 0 Å². The molecule has 4 heteroatoms. The van der Waals surface area contributed by atoms with Gasteiger partial charge in [0.15, 0.2) is 0 Å². The maximum Gasteiger partial charge on any atom is 0.0484 e. The van der Waals surface area contributed by atoms with Gasteiger partial charge in [0.05, 0.1) is 0 Å². The van der Waals surface area contributed by atoms with Crippen molar-refractivity contribution in [1.29, 1.82) is 0 Å². The third-order valence-electron chi connectivity index (χ3n) is 1.47. The SMILES string of the molecule is CNN/N=C1\CC=CC=C(Cl)C1. The second kappa shape index (κ2) is 4.95. The number of hydrazone groups is 1. The first-order valence-corrected chi connectivity index (χ1v) is 4.19. The molecule has 0 radical (unpaired) electrons. The molecule has 0 aliphatic heterocycles. The second-order valence-corrected chi connectivity index (χ2v) is 2.95. The van der Waals surface area contributed by atoms with E-state index < -0.39 is 0 Å². The molecule has 1 aliphatic carbocycles. The van der Waals surface area contributed by atoms with Crippen LogP contribution in [0, 0.1) is 0 Å². The van der Waals surface area contributed by atoms with E-state index in [1.165, 1.54) is 0 Å². The van der Waals surface area contributed by atoms with Crippen molar-refractivity contribution >= 4 is 17.3 Å². The molecular formula is C8H12ClN3. The monoisotopic (exact) mass is 185 g/mol. The van der Waals surface area contributed by atoms with Crippen molar-refractivity contribution < 1.29 is 0 Å². The zero-order valence-corrected chi connectivity index (χ0v) is 7.73. The Bertz CT molecular complexity index is 230. The van der Waals surface area contributed by atoms with Gasteiger partial charge in [-0.05, 0) is 6.08 Å². The quantitative estimate of drug-likeness (QED) is 0.641. The summed E-state index contributed by atoms with van der Waals surface area (Å²) < 4.78 is 0. The zero-order valence-electron chi connectivity index (χ0n) is 6.97. The maximum atomic E-state index is 5.88. The third kappa shape index (κ3) is 3.07. The molecule has 0 aromatic heterocycles. The van der Waals surface area contributed by atoms with Gasteiger partial charge in [-0.15, -0.1) is 0 Å². The van der Waals surface area contributed by atoms with Crippen molar-refractivity contribution in [1.82, 2.24) is 11.0 Å². The Morgan fingerprint density at radius 2 is 2.42 bits per heavy atom. The number of rotatable bonds is 2. The van der Waals surface area contributed by atoms with E-state index in [0.717, 1.165) is 23.6 Å². The highest BCUT2D eigenvalue weighted by Crippen LogP contribution is 2.13. The summed E-state index contributed by atoms with van der Waals surface area (Å²) in [4.78, 5) is 0. The van der Waals surface area contributed by atoms with Gasteiger partial charge in [0, 0.05) is 30.6 Å². The average molecular weight is 186 g/mol. The lowest BCUT2D eigenvalue weighted by atomic mass is 10.2. The minimum absolute atomic E-state index is 0.725. The third-order valence-corrected chi connectivity index (χ3v) is 1.73. The summed E-state index contributed by atoms with van der Waals surface area (Å²) >= 11 is 5.88. The van der Waals surface area contributed by atoms with Gasteiger partial charge in [0.2, 0.25) is 0 Å². The molecule has 3 nitrogen and oxygen atoms in total. The van der Waals surface area contributed by atoms with E-state index in [1.807, 2.05) is 18.2 Å². The van der Waals surface area contributed by atoms with Crippen molar-refractivity contribution in [3.05, 3.63) is 23.3 Å². The Labute approximate surface area is 77.1 Å². The van der Waals surface area contributed by atoms with Crippen LogP contribution in [0.5, 0.6) is 0 Å². The van der Waals surface area contributed by atoms with Gasteiger partial charge in [0.1, 0.15) is 0 Å². The number of hydrazine groups is 1. The highest BCUT2D eigenvalue weighted by atomic mass is 35.5. The van der Waals surface area contributed by atoms with Crippen LogP contribution >= 0.6 is 11.6 Å². The minimum Gasteiger partial charge on any atom is -0.243 e. The molecule has 0 amide bonds. The lowest BCUT2D eigenvalue weighted by molar-refractivity contribution is 0.630. The summed E-state index contributed by atoms with van der Waals surface area (Å²) in [5.41, 5.74) is 6.44. The number of allylic oxidation sites excluding steroid dienone is 4. The van der Waals surface area contributed by atoms with E-state index in [0.29, 0.717) is 0 Å². The number of nitrogens with zero attached hydrogens (tertiary/aromatic N) is 1. The Balaban J connectivity index is 2.56. The van der Waals surface area contributed by atoms with Crippen molar-refractivity contribution in [2.75, 3.05) is 7.05 Å². The van der Waals surface area contributed by atoms with E-state index >= 15 is 0 Å². The minimum atomic E-state index is 0.725. The van der Waals surface area contributed by atoms with E-state index in [1.54, 1.807) is 7.05 Å². The van der Waals surface area contributed by atoms with Gasteiger partial charge in [-0.3, -0.25) is 0 Å². The zero-order chi connectivity index (χ0) is 8.81. The molecule has 0 saturated heterocycles. The van der Waals surface area contributed by atoms with E-state index in [9.17, 15) is 0 Å². The van der Waals surface area contributed by atoms with Gasteiger partial charge in [0.25, 0.3) is 0 Å². The number of halogens is 1. The summed E-state index contributed by atoms with van der Waals surface area (Å²) in [5, 5.41) is 4.91. The Morgan fingerprint density at radius 3 is 3.17 bits per heavy atom. The van der Waals surface area contributed by atoms with Crippen LogP contribution in [0.3, 0.4) is 0 Å². The van der Waals surface area contributed by atoms with Crippen LogP contribution in [0.2, 0.25) is 0 Å². The highest BCUT2D eigenvalue weighted by molar-refractivity contribution is 6.31. The number of hydrogen-bond acceptors (Lipinski definition) is 3. The van der Waals surface area contributed by atoms with E-state index in [2.05, 4.69) is 16.1 Å². The normalized spacial score (nSPS) is 20.5. The van der Waals surface area contributed by atoms with Crippen molar-refractivity contribution in [2.24, 2.45) is 5.10 Å². The molecule has 1 aliphatic rings. The van der Waals surface area contributed by atoms with Gasteiger partial charge in [-0.25, -0.2) is 11.0 Å². The lowest BCUT2D eigenvalue weighted by Gasteiger charge is -2.01. The first-order valence-electron chi connectivity index (χ1n) is 3.81. The number of hydrogen-bond donors (Lipinski definition) is 2. The topological polar surface area (TPSA) is 36.4 Å². The van der Waals surface area contributed by atoms with Crippen LogP contribution in [0.1, 0.15) is 12.8 Å². The number of nitrogens with one attached hydrogen (secondary N) is 2. The van der Waals surface area contributed by atoms with E-state index in [-0.39, 0.29) is 0 Å². The maximum absolute atomic E-state index is 5.88. The van der Waals surface area contributed by atoms with Gasteiger partial charge >= 0.3 is 0 Å². The van der Waals surface area contributed by atoms with Crippen molar-refractivity contribution in [3.8, 4) is 0 Å². The molecule has 1 rings (SSSR count). The predicted molar refractivity (Wildman–Crippen MR) is 51.9 cm³/mol. The van der Waals surface area contributed by atoms with Gasteiger partial charge < -0.3 is 0 Å². The standard InChI is InChI=1S/C8H12ClN3/c1-10-12-11-8-5-3-2-4-7(9)6-8/h2-4,10,12H,5-6H2,1H3/b11-8+. The summed E-state index contributed by atoms with van der Waals surface area (Å²) in [5.74, 6) is 0. The molecule has 0 heterocycles. The lowest BCUT2D eigenvalue weighted by Crippen LogP contribution is -2.23. The van der Waals surface area contributed by atoms with Crippen LogP contribution < -0.4 is 11.0 Å². The summed E-state index contributed by atoms with van der Waals surface area (Å²) in [6, 6.07) is 0. The Hall–Kier alpha value is -0.800. The molecule has 12 heavy (non-hydrogen) atoms. The molecule has 66 valence electrons. The Morgan fingerprint density at radius 1 is 1.58 bits per heavy atom. The van der Waals surface area contributed by atoms with Gasteiger partial charge in [-0.2, -0.15) is 5.10 Å². The average Bonchev–Trinajstić information content (AvgIpc) is 2.26. The summed E-state index contributed by atoms with van der Waals surface area (Å²) in [6.07, 6.45) is 7.45. The largest absolute Gasteiger partial charge is 0.243 e. The highest BCUT2D eigenvalue weighted by Gasteiger charge is 2.02. The Kier molecular flexibility index (Phi) is 3.84. The molecule has 0 bridgehead atoms. The summed E-state index contributed by atoms with van der Waals surface area (Å²) in [6.45, 7) is 0. The molecule has 0 unspecified atom stereocenters. The van der Waals surface area contributed by atoms with Crippen molar-refractivity contribution in [3.63, 3.8) is 0 Å². The fourth-order valence-corrected chi connectivity index (χ4v) is 1.15. The fourth-order valence-electron chi connectivity index (χ4n) is 0.923. The molecule has 0 atom stereocenters. The smallest absolute Gasteiger partial charge is 0.0484 e. The fraction of sp³-hybridized carbons (Fsp3) is 0.375. The molecular weight excluding hydrogens is 174 g/mol.